The summed E-state index contributed by atoms with van der Waals surface area (Å²) in [6.45, 7) is 0. The lowest BCUT2D eigenvalue weighted by molar-refractivity contribution is 0.202. The minimum atomic E-state index is 0.0287. The Hall–Kier alpha value is -0.730. The van der Waals surface area contributed by atoms with E-state index in [2.05, 4.69) is 10.6 Å². The Morgan fingerprint density at radius 2 is 1.80 bits per heavy atom. The fourth-order valence-corrected chi connectivity index (χ4v) is 1.86. The lowest BCUT2D eigenvalue weighted by Crippen LogP contribution is -2.56. The van der Waals surface area contributed by atoms with Crippen LogP contribution in [0.4, 0.5) is 4.79 Å². The molecule has 0 radical (unpaired) electrons. The quantitative estimate of drug-likeness (QED) is 0.508. The Morgan fingerprint density at radius 1 is 1.20 bits per heavy atom. The zero-order valence-corrected chi connectivity index (χ0v) is 5.89. The first-order valence-electron chi connectivity index (χ1n) is 3.91. The number of hydrogen-bond acceptors (Lipinski definition) is 1. The van der Waals surface area contributed by atoms with Gasteiger partial charge in [-0.15, -0.1) is 0 Å². The van der Waals surface area contributed by atoms with Gasteiger partial charge >= 0.3 is 6.03 Å². The summed E-state index contributed by atoms with van der Waals surface area (Å²) < 4.78 is 0. The van der Waals surface area contributed by atoms with Crippen molar-refractivity contribution in [2.24, 2.45) is 0 Å². The van der Waals surface area contributed by atoms with Gasteiger partial charge in [-0.05, 0) is 25.7 Å². The lowest BCUT2D eigenvalue weighted by atomic mass is 9.90. The first kappa shape index (κ1) is 6.01. The van der Waals surface area contributed by atoms with Crippen molar-refractivity contribution in [1.82, 2.24) is 10.6 Å². The Kier molecular flexibility index (Phi) is 1.29. The zero-order chi connectivity index (χ0) is 6.97. The maximum atomic E-state index is 10.9. The second kappa shape index (κ2) is 2.15. The highest BCUT2D eigenvalue weighted by Crippen LogP contribution is 2.20. The Bertz CT molecular complexity index is 144. The van der Waals surface area contributed by atoms with E-state index in [4.69, 9.17) is 0 Å². The second-order valence-electron chi connectivity index (χ2n) is 3.18. The molecule has 1 saturated carbocycles. The Balaban J connectivity index is 2.05. The van der Waals surface area contributed by atoms with Gasteiger partial charge in [-0.1, -0.05) is 0 Å². The first-order valence-corrected chi connectivity index (χ1v) is 3.91. The van der Waals surface area contributed by atoms with Gasteiger partial charge in [-0.3, -0.25) is 0 Å². The molecule has 2 fully saturated rings. The molecule has 2 amide bonds. The van der Waals surface area contributed by atoms with Gasteiger partial charge in [-0.25, -0.2) is 4.79 Å². The average Bonchev–Trinajstić information content (AvgIpc) is 1.85. The third kappa shape index (κ3) is 0.958. The van der Waals surface area contributed by atoms with Crippen LogP contribution in [0.3, 0.4) is 0 Å². The highest BCUT2D eigenvalue weighted by molar-refractivity contribution is 5.75. The monoisotopic (exact) mass is 140 g/mol. The number of carbonyl (C=O) groups excluding carboxylic acids is 1. The molecule has 56 valence electrons. The van der Waals surface area contributed by atoms with Crippen LogP contribution < -0.4 is 10.6 Å². The van der Waals surface area contributed by atoms with Crippen molar-refractivity contribution in [3.05, 3.63) is 0 Å². The average molecular weight is 140 g/mol. The molecule has 1 heterocycles. The molecule has 1 aliphatic carbocycles. The number of fused-ring (bicyclic) bond motifs is 2. The SMILES string of the molecule is O=C1NC2CCCC(C2)N1. The zero-order valence-electron chi connectivity index (χ0n) is 5.89. The van der Waals surface area contributed by atoms with E-state index in [-0.39, 0.29) is 6.03 Å². The van der Waals surface area contributed by atoms with Gasteiger partial charge in [0.25, 0.3) is 0 Å². The van der Waals surface area contributed by atoms with Gasteiger partial charge in [0.15, 0.2) is 0 Å². The maximum Gasteiger partial charge on any atom is 0.315 e. The van der Waals surface area contributed by atoms with Crippen LogP contribution >= 0.6 is 0 Å². The van der Waals surface area contributed by atoms with Crippen LogP contribution in [0.25, 0.3) is 0 Å². The number of nitrogens with one attached hydrogen (secondary N) is 2. The highest BCUT2D eigenvalue weighted by atomic mass is 16.2. The van der Waals surface area contributed by atoms with Crippen LogP contribution in [-0.2, 0) is 0 Å². The second-order valence-corrected chi connectivity index (χ2v) is 3.18. The molecule has 2 bridgehead atoms. The van der Waals surface area contributed by atoms with Crippen molar-refractivity contribution in [3.8, 4) is 0 Å². The smallest absolute Gasteiger partial charge is 0.315 e. The molecule has 2 rings (SSSR count). The third-order valence-electron chi connectivity index (χ3n) is 2.34. The molecular weight excluding hydrogens is 128 g/mol. The van der Waals surface area contributed by atoms with Crippen molar-refractivity contribution < 1.29 is 4.79 Å². The van der Waals surface area contributed by atoms with Gasteiger partial charge in [-0.2, -0.15) is 0 Å². The Morgan fingerprint density at radius 3 is 2.40 bits per heavy atom. The van der Waals surface area contributed by atoms with Crippen molar-refractivity contribution in [2.45, 2.75) is 37.8 Å². The van der Waals surface area contributed by atoms with E-state index in [1.807, 2.05) is 0 Å². The number of urea groups is 1. The van der Waals surface area contributed by atoms with Crippen LogP contribution in [0.1, 0.15) is 25.7 Å². The predicted octanol–water partition coefficient (Wildman–Crippen LogP) is 0.610. The van der Waals surface area contributed by atoms with Crippen LogP contribution in [0.2, 0.25) is 0 Å². The maximum absolute atomic E-state index is 10.9. The predicted molar refractivity (Wildman–Crippen MR) is 37.7 cm³/mol. The van der Waals surface area contributed by atoms with E-state index in [0.29, 0.717) is 12.1 Å². The molecule has 2 aliphatic rings. The van der Waals surface area contributed by atoms with Crippen molar-refractivity contribution >= 4 is 6.03 Å². The summed E-state index contributed by atoms with van der Waals surface area (Å²) in [5.41, 5.74) is 0. The molecule has 0 aromatic carbocycles. The molecule has 3 heteroatoms. The number of hydrogen-bond donors (Lipinski definition) is 2. The minimum absolute atomic E-state index is 0.0287. The van der Waals surface area contributed by atoms with Crippen molar-refractivity contribution in [3.63, 3.8) is 0 Å². The molecule has 2 atom stereocenters. The van der Waals surface area contributed by atoms with E-state index in [1.165, 1.54) is 19.3 Å². The highest BCUT2D eigenvalue weighted by Gasteiger charge is 2.28. The van der Waals surface area contributed by atoms with Gasteiger partial charge in [0, 0.05) is 12.1 Å². The molecule has 0 aromatic heterocycles. The van der Waals surface area contributed by atoms with E-state index in [9.17, 15) is 4.79 Å². The summed E-state index contributed by atoms with van der Waals surface area (Å²) in [7, 11) is 0. The third-order valence-corrected chi connectivity index (χ3v) is 2.34. The minimum Gasteiger partial charge on any atom is -0.335 e. The van der Waals surface area contributed by atoms with Crippen LogP contribution in [0, 0.1) is 0 Å². The molecule has 2 unspecified atom stereocenters. The fourth-order valence-electron chi connectivity index (χ4n) is 1.86. The van der Waals surface area contributed by atoms with Gasteiger partial charge in [0.2, 0.25) is 0 Å². The van der Waals surface area contributed by atoms with Gasteiger partial charge in [0.05, 0.1) is 0 Å². The molecule has 0 aromatic rings. The standard InChI is InChI=1S/C7H12N2O/c10-7-8-5-2-1-3-6(4-5)9-7/h5-6H,1-4H2,(H2,8,9,10). The summed E-state index contributed by atoms with van der Waals surface area (Å²) in [4.78, 5) is 10.9. The van der Waals surface area contributed by atoms with E-state index in [1.54, 1.807) is 0 Å². The first-order chi connectivity index (χ1) is 4.84. The molecule has 10 heavy (non-hydrogen) atoms. The van der Waals surface area contributed by atoms with Crippen molar-refractivity contribution in [1.29, 1.82) is 0 Å². The largest absolute Gasteiger partial charge is 0.335 e. The van der Waals surface area contributed by atoms with Crippen LogP contribution in [0.5, 0.6) is 0 Å². The summed E-state index contributed by atoms with van der Waals surface area (Å²) in [5.74, 6) is 0. The molecule has 3 nitrogen and oxygen atoms in total. The van der Waals surface area contributed by atoms with Crippen molar-refractivity contribution in [2.75, 3.05) is 0 Å². The van der Waals surface area contributed by atoms with Gasteiger partial charge < -0.3 is 10.6 Å². The summed E-state index contributed by atoms with van der Waals surface area (Å²) in [6.07, 6.45) is 4.72. The number of rotatable bonds is 0. The normalized spacial score (nSPS) is 38.2. The Labute approximate surface area is 60.2 Å². The fraction of sp³-hybridized carbons (Fsp3) is 0.857. The topological polar surface area (TPSA) is 41.1 Å². The van der Waals surface area contributed by atoms with E-state index in [0.717, 1.165) is 6.42 Å². The summed E-state index contributed by atoms with van der Waals surface area (Å²) in [5, 5.41) is 5.80. The number of amides is 2. The van der Waals surface area contributed by atoms with Crippen LogP contribution in [-0.4, -0.2) is 18.1 Å². The number of carbonyl (C=O) groups is 1. The molecule has 2 N–H and O–H groups in total. The van der Waals surface area contributed by atoms with E-state index < -0.39 is 0 Å². The lowest BCUT2D eigenvalue weighted by Gasteiger charge is -2.35. The molecule has 1 saturated heterocycles. The molecular formula is C7H12N2O. The van der Waals surface area contributed by atoms with Crippen LogP contribution in [0.15, 0.2) is 0 Å². The molecule has 1 aliphatic heterocycles. The summed E-state index contributed by atoms with van der Waals surface area (Å²) in [6, 6.07) is 0.959. The molecule has 0 spiro atoms. The van der Waals surface area contributed by atoms with E-state index >= 15 is 0 Å². The van der Waals surface area contributed by atoms with Gasteiger partial charge in [0.1, 0.15) is 0 Å². The summed E-state index contributed by atoms with van der Waals surface area (Å²) >= 11 is 0.